The molecule has 0 amide bonds. The first-order chi connectivity index (χ1) is 16.4. The summed E-state index contributed by atoms with van der Waals surface area (Å²) in [5.41, 5.74) is 4.03. The van der Waals surface area contributed by atoms with Crippen molar-refractivity contribution in [3.05, 3.63) is 58.8 Å². The smallest absolute Gasteiger partial charge is 0.273 e. The van der Waals surface area contributed by atoms with Crippen LogP contribution in [0, 0.1) is 5.92 Å². The molecule has 7 heteroatoms. The van der Waals surface area contributed by atoms with Crippen molar-refractivity contribution in [3.63, 3.8) is 0 Å². The SMILES string of the molecule is COc1ccc(C2CCC(Nc3cc(-c4cnn(C)c4)cn(CC(C)C)c3=O)CC2)cc1OC. The maximum absolute atomic E-state index is 13.2. The van der Waals surface area contributed by atoms with E-state index in [9.17, 15) is 4.79 Å². The Morgan fingerprint density at radius 3 is 2.38 bits per heavy atom. The summed E-state index contributed by atoms with van der Waals surface area (Å²) in [6.07, 6.45) is 9.94. The molecule has 1 aliphatic rings. The van der Waals surface area contributed by atoms with Gasteiger partial charge in [-0.05, 0) is 61.3 Å². The van der Waals surface area contributed by atoms with Crippen molar-refractivity contribution < 1.29 is 9.47 Å². The number of aryl methyl sites for hydroxylation is 1. The minimum absolute atomic E-state index is 0.0448. The highest BCUT2D eigenvalue weighted by Gasteiger charge is 2.24. The van der Waals surface area contributed by atoms with Gasteiger partial charge in [-0.1, -0.05) is 19.9 Å². The second kappa shape index (κ2) is 10.4. The number of nitrogens with one attached hydrogen (secondary N) is 1. The van der Waals surface area contributed by atoms with E-state index < -0.39 is 0 Å². The molecule has 1 N–H and O–H groups in total. The lowest BCUT2D eigenvalue weighted by molar-refractivity contribution is 0.352. The Hall–Kier alpha value is -3.22. The standard InChI is InChI=1S/C27H36N4O3/c1-18(2)15-31-17-21(22-14-28-30(3)16-22)12-24(27(31)32)29-23-9-6-19(7-10-23)20-8-11-25(33-4)26(13-20)34-5/h8,11-14,16-19,23,29H,6-7,9-10,15H2,1-5H3. The zero-order chi connectivity index (χ0) is 24.2. The lowest BCUT2D eigenvalue weighted by Gasteiger charge is -2.30. The molecule has 1 saturated carbocycles. The summed E-state index contributed by atoms with van der Waals surface area (Å²) in [7, 11) is 5.24. The van der Waals surface area contributed by atoms with E-state index in [-0.39, 0.29) is 11.6 Å². The molecule has 0 bridgehead atoms. The molecule has 0 atom stereocenters. The van der Waals surface area contributed by atoms with Crippen LogP contribution in [0.1, 0.15) is 51.0 Å². The number of aromatic nitrogens is 3. The van der Waals surface area contributed by atoms with Gasteiger partial charge in [0.1, 0.15) is 5.69 Å². The summed E-state index contributed by atoms with van der Waals surface area (Å²) in [4.78, 5) is 13.2. The number of anilines is 1. The number of pyridine rings is 1. The van der Waals surface area contributed by atoms with Gasteiger partial charge in [-0.2, -0.15) is 5.10 Å². The lowest BCUT2D eigenvalue weighted by Crippen LogP contribution is -2.31. The molecule has 0 aliphatic heterocycles. The summed E-state index contributed by atoms with van der Waals surface area (Å²) in [5, 5.41) is 7.89. The third kappa shape index (κ3) is 5.29. The van der Waals surface area contributed by atoms with Crippen molar-refractivity contribution in [2.45, 2.75) is 58.0 Å². The fourth-order valence-electron chi connectivity index (χ4n) is 4.89. The fourth-order valence-corrected chi connectivity index (χ4v) is 4.89. The molecular formula is C27H36N4O3. The molecule has 7 nitrogen and oxygen atoms in total. The van der Waals surface area contributed by atoms with E-state index in [2.05, 4.69) is 36.4 Å². The molecule has 1 fully saturated rings. The number of rotatable bonds is 8. The first kappa shape index (κ1) is 23.9. The third-order valence-corrected chi connectivity index (χ3v) is 6.65. The van der Waals surface area contributed by atoms with Crippen molar-refractivity contribution >= 4 is 5.69 Å². The second-order valence-electron chi connectivity index (χ2n) is 9.70. The minimum Gasteiger partial charge on any atom is -0.493 e. The molecule has 182 valence electrons. The fraction of sp³-hybridized carbons (Fsp3) is 0.481. The first-order valence-electron chi connectivity index (χ1n) is 12.1. The number of nitrogens with zero attached hydrogens (tertiary/aromatic N) is 3. The Morgan fingerprint density at radius 1 is 1.03 bits per heavy atom. The quantitative estimate of drug-likeness (QED) is 0.505. The molecule has 0 saturated heterocycles. The molecule has 2 aromatic heterocycles. The van der Waals surface area contributed by atoms with Crippen LogP contribution in [-0.4, -0.2) is 34.6 Å². The predicted octanol–water partition coefficient (Wildman–Crippen LogP) is 5.06. The number of methoxy groups -OCH3 is 2. The van der Waals surface area contributed by atoms with Crippen LogP contribution in [0.4, 0.5) is 5.69 Å². The summed E-state index contributed by atoms with van der Waals surface area (Å²) >= 11 is 0. The topological polar surface area (TPSA) is 70.3 Å². The molecule has 1 aliphatic carbocycles. The van der Waals surface area contributed by atoms with E-state index >= 15 is 0 Å². The first-order valence-corrected chi connectivity index (χ1v) is 12.1. The van der Waals surface area contributed by atoms with Gasteiger partial charge in [0.05, 0.1) is 20.4 Å². The highest BCUT2D eigenvalue weighted by Crippen LogP contribution is 2.38. The van der Waals surface area contributed by atoms with Crippen LogP contribution in [0.25, 0.3) is 11.1 Å². The number of hydrogen-bond donors (Lipinski definition) is 1. The Labute approximate surface area is 201 Å². The molecule has 0 spiro atoms. The van der Waals surface area contributed by atoms with Crippen molar-refractivity contribution in [2.24, 2.45) is 13.0 Å². The predicted molar refractivity (Wildman–Crippen MR) is 136 cm³/mol. The number of hydrogen-bond acceptors (Lipinski definition) is 5. The largest absolute Gasteiger partial charge is 0.493 e. The molecule has 3 aromatic rings. The molecular weight excluding hydrogens is 428 g/mol. The van der Waals surface area contributed by atoms with E-state index in [1.807, 2.05) is 42.3 Å². The van der Waals surface area contributed by atoms with Gasteiger partial charge in [-0.25, -0.2) is 0 Å². The summed E-state index contributed by atoms with van der Waals surface area (Å²) in [6.45, 7) is 4.95. The van der Waals surface area contributed by atoms with Crippen LogP contribution in [0.3, 0.4) is 0 Å². The van der Waals surface area contributed by atoms with Crippen molar-refractivity contribution in [1.29, 1.82) is 0 Å². The van der Waals surface area contributed by atoms with Gasteiger partial charge in [0.25, 0.3) is 5.56 Å². The molecule has 34 heavy (non-hydrogen) atoms. The van der Waals surface area contributed by atoms with Crippen LogP contribution in [0.15, 0.2) is 47.7 Å². The molecule has 4 rings (SSSR count). The van der Waals surface area contributed by atoms with Gasteiger partial charge in [0.2, 0.25) is 0 Å². The van der Waals surface area contributed by atoms with Crippen LogP contribution < -0.4 is 20.3 Å². The van der Waals surface area contributed by atoms with Gasteiger partial charge < -0.3 is 19.4 Å². The minimum atomic E-state index is 0.0448. The average Bonchev–Trinajstić information content (AvgIpc) is 3.27. The zero-order valence-corrected chi connectivity index (χ0v) is 20.9. The van der Waals surface area contributed by atoms with E-state index in [4.69, 9.17) is 9.47 Å². The van der Waals surface area contributed by atoms with E-state index in [0.29, 0.717) is 24.1 Å². The number of benzene rings is 1. The van der Waals surface area contributed by atoms with E-state index in [1.54, 1.807) is 18.9 Å². The Bertz CT molecular complexity index is 1170. The highest BCUT2D eigenvalue weighted by atomic mass is 16.5. The molecule has 1 aromatic carbocycles. The molecule has 0 unspecified atom stereocenters. The Balaban J connectivity index is 1.50. The van der Waals surface area contributed by atoms with Crippen LogP contribution >= 0.6 is 0 Å². The van der Waals surface area contributed by atoms with Gasteiger partial charge in [-0.15, -0.1) is 0 Å². The second-order valence-corrected chi connectivity index (χ2v) is 9.70. The lowest BCUT2D eigenvalue weighted by atomic mass is 9.81. The van der Waals surface area contributed by atoms with Crippen LogP contribution in [-0.2, 0) is 13.6 Å². The summed E-state index contributed by atoms with van der Waals surface area (Å²) in [6, 6.07) is 8.48. The molecule has 2 heterocycles. The number of ether oxygens (including phenoxy) is 2. The van der Waals surface area contributed by atoms with Gasteiger partial charge in [0.15, 0.2) is 11.5 Å². The highest BCUT2D eigenvalue weighted by molar-refractivity contribution is 5.65. The Morgan fingerprint density at radius 2 is 1.76 bits per heavy atom. The van der Waals surface area contributed by atoms with E-state index in [1.165, 1.54) is 5.56 Å². The molecule has 0 radical (unpaired) electrons. The monoisotopic (exact) mass is 464 g/mol. The van der Waals surface area contributed by atoms with Crippen LogP contribution in [0.5, 0.6) is 11.5 Å². The van der Waals surface area contributed by atoms with E-state index in [0.717, 1.165) is 48.3 Å². The average molecular weight is 465 g/mol. The van der Waals surface area contributed by atoms with Crippen molar-refractivity contribution in [2.75, 3.05) is 19.5 Å². The van der Waals surface area contributed by atoms with Gasteiger partial charge >= 0.3 is 0 Å². The van der Waals surface area contributed by atoms with Gasteiger partial charge in [-0.3, -0.25) is 9.48 Å². The zero-order valence-electron chi connectivity index (χ0n) is 20.9. The summed E-state index contributed by atoms with van der Waals surface area (Å²) in [5.74, 6) is 2.40. The van der Waals surface area contributed by atoms with Gasteiger partial charge in [0, 0.05) is 43.2 Å². The maximum atomic E-state index is 13.2. The van der Waals surface area contributed by atoms with Crippen molar-refractivity contribution in [3.8, 4) is 22.6 Å². The maximum Gasteiger partial charge on any atom is 0.273 e. The third-order valence-electron chi connectivity index (χ3n) is 6.65. The van der Waals surface area contributed by atoms with Crippen molar-refractivity contribution in [1.82, 2.24) is 14.3 Å². The Kier molecular flexibility index (Phi) is 7.29. The van der Waals surface area contributed by atoms with Crippen LogP contribution in [0.2, 0.25) is 0 Å². The summed E-state index contributed by atoms with van der Waals surface area (Å²) < 4.78 is 14.5. The normalized spacial score (nSPS) is 18.2.